The van der Waals surface area contributed by atoms with Gasteiger partial charge in [0.1, 0.15) is 17.3 Å². The Hall–Kier alpha value is -2.62. The van der Waals surface area contributed by atoms with Crippen molar-refractivity contribution in [2.45, 2.75) is 20.8 Å². The van der Waals surface area contributed by atoms with E-state index in [0.717, 1.165) is 22.5 Å². The van der Waals surface area contributed by atoms with Gasteiger partial charge in [0.15, 0.2) is 5.82 Å². The molecule has 3 aromatic rings. The predicted molar refractivity (Wildman–Crippen MR) is 82.7 cm³/mol. The van der Waals surface area contributed by atoms with Crippen molar-refractivity contribution >= 4 is 0 Å². The Kier molecular flexibility index (Phi) is 3.44. The Morgan fingerprint density at radius 3 is 2.00 bits per heavy atom. The van der Waals surface area contributed by atoms with E-state index < -0.39 is 0 Å². The molecule has 0 bridgehead atoms. The van der Waals surface area contributed by atoms with Crippen LogP contribution in [-0.2, 0) is 0 Å². The first-order valence-electron chi connectivity index (χ1n) is 6.86. The van der Waals surface area contributed by atoms with Crippen LogP contribution in [0.1, 0.15) is 17.2 Å². The van der Waals surface area contributed by atoms with Gasteiger partial charge in [-0.2, -0.15) is 0 Å². The van der Waals surface area contributed by atoms with Crippen LogP contribution in [0.25, 0.3) is 22.8 Å². The van der Waals surface area contributed by atoms with E-state index in [2.05, 4.69) is 40.1 Å². The van der Waals surface area contributed by atoms with Gasteiger partial charge in [-0.1, -0.05) is 36.4 Å². The van der Waals surface area contributed by atoms with Crippen molar-refractivity contribution in [1.82, 2.24) is 19.9 Å². The van der Waals surface area contributed by atoms with Gasteiger partial charge in [0, 0.05) is 5.56 Å². The minimum Gasteiger partial charge on any atom is -0.244 e. The summed E-state index contributed by atoms with van der Waals surface area (Å²) in [5.74, 6) is 2.04. The van der Waals surface area contributed by atoms with Crippen molar-refractivity contribution in [3.63, 3.8) is 0 Å². The summed E-state index contributed by atoms with van der Waals surface area (Å²) < 4.78 is 0. The monoisotopic (exact) mass is 276 g/mol. The van der Waals surface area contributed by atoms with Gasteiger partial charge < -0.3 is 0 Å². The average molecular weight is 276 g/mol. The van der Waals surface area contributed by atoms with Crippen LogP contribution < -0.4 is 0 Å². The second-order valence-corrected chi connectivity index (χ2v) is 4.98. The third-order valence-corrected chi connectivity index (χ3v) is 3.23. The summed E-state index contributed by atoms with van der Waals surface area (Å²) >= 11 is 0. The first-order valence-corrected chi connectivity index (χ1v) is 6.86. The molecule has 0 atom stereocenters. The molecule has 0 unspecified atom stereocenters. The zero-order valence-corrected chi connectivity index (χ0v) is 12.3. The van der Waals surface area contributed by atoms with Crippen LogP contribution in [0.2, 0.25) is 0 Å². The second-order valence-electron chi connectivity index (χ2n) is 4.98. The Balaban J connectivity index is 2.13. The first-order chi connectivity index (χ1) is 10.1. The van der Waals surface area contributed by atoms with E-state index >= 15 is 0 Å². The molecule has 1 aromatic carbocycles. The van der Waals surface area contributed by atoms with Gasteiger partial charge in [-0.25, -0.2) is 19.9 Å². The van der Waals surface area contributed by atoms with Crippen molar-refractivity contribution in [3.8, 4) is 22.8 Å². The number of nitrogens with zero attached hydrogens (tertiary/aromatic N) is 4. The summed E-state index contributed by atoms with van der Waals surface area (Å²) in [7, 11) is 0. The summed E-state index contributed by atoms with van der Waals surface area (Å²) in [4.78, 5) is 17.7. The summed E-state index contributed by atoms with van der Waals surface area (Å²) in [6.07, 6.45) is 0. The highest BCUT2D eigenvalue weighted by Crippen LogP contribution is 2.24. The molecule has 0 radical (unpaired) electrons. The molecule has 4 heteroatoms. The number of hydrogen-bond donors (Lipinski definition) is 0. The molecular weight excluding hydrogens is 260 g/mol. The molecule has 0 amide bonds. The maximum absolute atomic E-state index is 4.74. The fraction of sp³-hybridized carbons (Fsp3) is 0.176. The molecule has 0 saturated carbocycles. The first kappa shape index (κ1) is 13.4. The van der Waals surface area contributed by atoms with Crippen LogP contribution in [0.15, 0.2) is 42.5 Å². The summed E-state index contributed by atoms with van der Waals surface area (Å²) in [5.41, 5.74) is 3.96. The van der Waals surface area contributed by atoms with Gasteiger partial charge in [0.05, 0.1) is 5.69 Å². The summed E-state index contributed by atoms with van der Waals surface area (Å²) in [5, 5.41) is 0. The van der Waals surface area contributed by atoms with Gasteiger partial charge in [0.2, 0.25) is 0 Å². The van der Waals surface area contributed by atoms with Gasteiger partial charge in [0.25, 0.3) is 0 Å². The van der Waals surface area contributed by atoms with Gasteiger partial charge in [-0.15, -0.1) is 0 Å². The minimum absolute atomic E-state index is 0.622. The third-order valence-electron chi connectivity index (χ3n) is 3.23. The molecule has 0 aliphatic rings. The normalized spacial score (nSPS) is 10.6. The van der Waals surface area contributed by atoms with E-state index in [1.165, 1.54) is 0 Å². The van der Waals surface area contributed by atoms with Gasteiger partial charge in [-0.05, 0) is 32.4 Å². The number of aromatic nitrogens is 4. The molecule has 2 heterocycles. The molecule has 21 heavy (non-hydrogen) atoms. The van der Waals surface area contributed by atoms with E-state index in [9.17, 15) is 0 Å². The zero-order valence-electron chi connectivity index (χ0n) is 12.3. The Labute approximate surface area is 124 Å². The molecule has 0 spiro atoms. The van der Waals surface area contributed by atoms with Crippen molar-refractivity contribution in [2.75, 3.05) is 0 Å². The zero-order chi connectivity index (χ0) is 14.8. The summed E-state index contributed by atoms with van der Waals surface area (Å²) in [6.45, 7) is 5.79. The van der Waals surface area contributed by atoms with Crippen molar-refractivity contribution in [2.24, 2.45) is 0 Å². The maximum atomic E-state index is 4.74. The van der Waals surface area contributed by atoms with Gasteiger partial charge >= 0.3 is 0 Å². The fourth-order valence-electron chi connectivity index (χ4n) is 2.27. The molecule has 3 rings (SSSR count). The molecule has 0 aliphatic carbocycles. The Morgan fingerprint density at radius 2 is 1.33 bits per heavy atom. The molecule has 2 aromatic heterocycles. The van der Waals surface area contributed by atoms with Crippen LogP contribution in [0.5, 0.6) is 0 Å². The lowest BCUT2D eigenvalue weighted by atomic mass is 10.1. The van der Waals surface area contributed by atoms with E-state index in [1.807, 2.05) is 38.1 Å². The van der Waals surface area contributed by atoms with Crippen LogP contribution in [0.3, 0.4) is 0 Å². The van der Waals surface area contributed by atoms with Crippen LogP contribution >= 0.6 is 0 Å². The van der Waals surface area contributed by atoms with Crippen LogP contribution in [0.4, 0.5) is 0 Å². The van der Waals surface area contributed by atoms with E-state index in [1.54, 1.807) is 0 Å². The smallest absolute Gasteiger partial charge is 0.181 e. The van der Waals surface area contributed by atoms with Crippen molar-refractivity contribution in [1.29, 1.82) is 0 Å². The average Bonchev–Trinajstić information content (AvgIpc) is 2.47. The maximum Gasteiger partial charge on any atom is 0.181 e. The largest absolute Gasteiger partial charge is 0.244 e. The van der Waals surface area contributed by atoms with Crippen molar-refractivity contribution in [3.05, 3.63) is 59.7 Å². The molecule has 0 saturated heterocycles. The lowest BCUT2D eigenvalue weighted by Crippen LogP contribution is -2.01. The Bertz CT molecular complexity index is 762. The van der Waals surface area contributed by atoms with Crippen molar-refractivity contribution < 1.29 is 0 Å². The van der Waals surface area contributed by atoms with E-state index in [4.69, 9.17) is 4.98 Å². The van der Waals surface area contributed by atoms with E-state index in [0.29, 0.717) is 17.5 Å². The number of hydrogen-bond acceptors (Lipinski definition) is 4. The molecule has 104 valence electrons. The number of benzene rings is 1. The molecule has 0 aliphatic heterocycles. The lowest BCUT2D eigenvalue weighted by molar-refractivity contribution is 0.923. The van der Waals surface area contributed by atoms with Gasteiger partial charge in [-0.3, -0.25) is 0 Å². The fourth-order valence-corrected chi connectivity index (χ4v) is 2.27. The quantitative estimate of drug-likeness (QED) is 0.718. The lowest BCUT2D eigenvalue weighted by Gasteiger charge is -2.08. The summed E-state index contributed by atoms with van der Waals surface area (Å²) in [6, 6.07) is 14.2. The highest BCUT2D eigenvalue weighted by molar-refractivity contribution is 5.66. The standard InChI is InChI=1S/C17H16N4/c1-11-9-10-15(17-19-12(2)18-13(3)20-17)21-16(11)14-7-5-4-6-8-14/h4-10H,1-3H3. The highest BCUT2D eigenvalue weighted by Gasteiger charge is 2.09. The predicted octanol–water partition coefficient (Wildman–Crippen LogP) is 3.53. The number of aryl methyl sites for hydroxylation is 3. The van der Waals surface area contributed by atoms with E-state index in [-0.39, 0.29) is 0 Å². The molecular formula is C17H16N4. The SMILES string of the molecule is Cc1nc(C)nc(-c2ccc(C)c(-c3ccccc3)n2)n1. The van der Waals surface area contributed by atoms with Crippen LogP contribution in [0, 0.1) is 20.8 Å². The number of pyridine rings is 1. The third kappa shape index (κ3) is 2.79. The highest BCUT2D eigenvalue weighted by atomic mass is 15.0. The second kappa shape index (κ2) is 5.40. The molecule has 0 fully saturated rings. The minimum atomic E-state index is 0.622. The Morgan fingerprint density at radius 1 is 0.667 bits per heavy atom. The van der Waals surface area contributed by atoms with Crippen LogP contribution in [-0.4, -0.2) is 19.9 Å². The number of rotatable bonds is 2. The molecule has 0 N–H and O–H groups in total. The topological polar surface area (TPSA) is 51.6 Å². The molecule has 4 nitrogen and oxygen atoms in total.